The van der Waals surface area contributed by atoms with E-state index in [1.54, 1.807) is 11.3 Å². The first kappa shape index (κ1) is 14.6. The van der Waals surface area contributed by atoms with Crippen LogP contribution in [0.3, 0.4) is 0 Å². The zero-order valence-corrected chi connectivity index (χ0v) is 12.0. The fourth-order valence-corrected chi connectivity index (χ4v) is 2.97. The Morgan fingerprint density at radius 2 is 2.06 bits per heavy atom. The summed E-state index contributed by atoms with van der Waals surface area (Å²) in [6.07, 6.45) is 0.409. The monoisotopic (exact) mass is 277 g/mol. The third-order valence-electron chi connectivity index (χ3n) is 2.50. The van der Waals surface area contributed by atoms with Gasteiger partial charge < -0.3 is 5.32 Å². The van der Waals surface area contributed by atoms with Crippen LogP contribution in [0.25, 0.3) is 0 Å². The minimum absolute atomic E-state index is 0.169. The van der Waals surface area contributed by atoms with Crippen LogP contribution in [-0.4, -0.2) is 25.3 Å². The summed E-state index contributed by atoms with van der Waals surface area (Å²) in [7, 11) is -3.84. The SMILES string of the molecule is Cc1ccc(C(C)(C)NCCCS(=O)(=O)O)s1. The van der Waals surface area contributed by atoms with Gasteiger partial charge in [-0.3, -0.25) is 4.55 Å². The molecule has 6 heteroatoms. The number of thiophene rings is 1. The number of hydrogen-bond donors (Lipinski definition) is 2. The van der Waals surface area contributed by atoms with Gasteiger partial charge in [-0.05, 0) is 45.9 Å². The van der Waals surface area contributed by atoms with Crippen LogP contribution >= 0.6 is 11.3 Å². The van der Waals surface area contributed by atoms with Crippen LogP contribution in [0.4, 0.5) is 0 Å². The van der Waals surface area contributed by atoms with Gasteiger partial charge in [-0.2, -0.15) is 8.42 Å². The van der Waals surface area contributed by atoms with Gasteiger partial charge >= 0.3 is 0 Å². The van der Waals surface area contributed by atoms with Crippen molar-refractivity contribution in [1.82, 2.24) is 5.32 Å². The lowest BCUT2D eigenvalue weighted by atomic mass is 10.0. The molecule has 0 aliphatic heterocycles. The molecule has 2 N–H and O–H groups in total. The summed E-state index contributed by atoms with van der Waals surface area (Å²) in [6, 6.07) is 4.15. The molecule has 0 spiro atoms. The van der Waals surface area contributed by atoms with Crippen molar-refractivity contribution >= 4 is 21.5 Å². The van der Waals surface area contributed by atoms with E-state index in [1.165, 1.54) is 9.75 Å². The molecule has 1 aromatic rings. The van der Waals surface area contributed by atoms with Crippen LogP contribution in [-0.2, 0) is 15.7 Å². The molecule has 17 heavy (non-hydrogen) atoms. The molecule has 1 rings (SSSR count). The van der Waals surface area contributed by atoms with Gasteiger partial charge in [-0.15, -0.1) is 11.3 Å². The molecule has 4 nitrogen and oxygen atoms in total. The van der Waals surface area contributed by atoms with Crippen LogP contribution in [0, 0.1) is 6.92 Å². The molecule has 98 valence electrons. The van der Waals surface area contributed by atoms with Crippen LogP contribution in [0.5, 0.6) is 0 Å². The highest BCUT2D eigenvalue weighted by Crippen LogP contribution is 2.27. The summed E-state index contributed by atoms with van der Waals surface area (Å²) in [4.78, 5) is 2.48. The second kappa shape index (κ2) is 5.48. The first-order chi connectivity index (χ1) is 7.71. The van der Waals surface area contributed by atoms with Gasteiger partial charge in [0.15, 0.2) is 0 Å². The summed E-state index contributed by atoms with van der Waals surface area (Å²) in [5.41, 5.74) is -0.169. The van der Waals surface area contributed by atoms with Crippen LogP contribution < -0.4 is 5.32 Å². The summed E-state index contributed by atoms with van der Waals surface area (Å²) < 4.78 is 29.7. The zero-order chi connectivity index (χ0) is 13.1. The Balaban J connectivity index is 2.45. The van der Waals surface area contributed by atoms with E-state index in [-0.39, 0.29) is 11.3 Å². The predicted molar refractivity (Wildman–Crippen MR) is 71.1 cm³/mol. The van der Waals surface area contributed by atoms with Crippen LogP contribution in [0.1, 0.15) is 30.0 Å². The molecule has 0 radical (unpaired) electrons. The van der Waals surface area contributed by atoms with Crippen molar-refractivity contribution in [3.8, 4) is 0 Å². The maximum Gasteiger partial charge on any atom is 0.264 e. The van der Waals surface area contributed by atoms with E-state index in [9.17, 15) is 8.42 Å². The van der Waals surface area contributed by atoms with Crippen LogP contribution in [0.2, 0.25) is 0 Å². The molecule has 0 aliphatic carbocycles. The van der Waals surface area contributed by atoms with Gasteiger partial charge in [0.05, 0.1) is 5.75 Å². The third kappa shape index (κ3) is 5.16. The fraction of sp³-hybridized carbons (Fsp3) is 0.636. The molecule has 1 heterocycles. The molecule has 0 bridgehead atoms. The minimum Gasteiger partial charge on any atom is -0.307 e. The average molecular weight is 277 g/mol. The van der Waals surface area contributed by atoms with E-state index in [2.05, 4.69) is 38.2 Å². The van der Waals surface area contributed by atoms with Crippen molar-refractivity contribution < 1.29 is 13.0 Å². The summed E-state index contributed by atoms with van der Waals surface area (Å²) in [5.74, 6) is -0.195. The third-order valence-corrected chi connectivity index (χ3v) is 4.63. The molecule has 0 atom stereocenters. The molecular weight excluding hydrogens is 258 g/mol. The maximum atomic E-state index is 10.6. The second-order valence-corrected chi connectivity index (χ2v) is 7.46. The number of aryl methyl sites for hydroxylation is 1. The molecule has 0 saturated heterocycles. The minimum atomic E-state index is -3.84. The first-order valence-electron chi connectivity index (χ1n) is 5.48. The Bertz CT molecular complexity index is 463. The topological polar surface area (TPSA) is 66.4 Å². The smallest absolute Gasteiger partial charge is 0.264 e. The first-order valence-corrected chi connectivity index (χ1v) is 7.90. The molecule has 0 fully saturated rings. The van der Waals surface area contributed by atoms with Gasteiger partial charge in [-0.1, -0.05) is 0 Å². The summed E-state index contributed by atoms with van der Waals surface area (Å²) in [6.45, 7) is 6.74. The molecular formula is C11H19NO3S2. The fourth-order valence-electron chi connectivity index (χ4n) is 1.51. The Morgan fingerprint density at radius 3 is 2.53 bits per heavy atom. The van der Waals surface area contributed by atoms with E-state index in [0.29, 0.717) is 13.0 Å². The zero-order valence-electron chi connectivity index (χ0n) is 10.4. The van der Waals surface area contributed by atoms with Crippen molar-refractivity contribution in [2.24, 2.45) is 0 Å². The van der Waals surface area contributed by atoms with Crippen molar-refractivity contribution in [1.29, 1.82) is 0 Å². The number of nitrogens with one attached hydrogen (secondary N) is 1. The largest absolute Gasteiger partial charge is 0.307 e. The van der Waals surface area contributed by atoms with Crippen molar-refractivity contribution in [2.75, 3.05) is 12.3 Å². The molecule has 0 unspecified atom stereocenters. The quantitative estimate of drug-likeness (QED) is 0.618. The maximum absolute atomic E-state index is 10.6. The molecule has 0 amide bonds. The lowest BCUT2D eigenvalue weighted by molar-refractivity contribution is 0.409. The highest BCUT2D eigenvalue weighted by Gasteiger charge is 2.21. The normalized spacial score (nSPS) is 12.9. The summed E-state index contributed by atoms with van der Waals surface area (Å²) >= 11 is 1.73. The van der Waals surface area contributed by atoms with Gasteiger partial charge in [0.25, 0.3) is 10.1 Å². The number of hydrogen-bond acceptors (Lipinski definition) is 4. The van der Waals surface area contributed by atoms with Gasteiger partial charge in [-0.25, -0.2) is 0 Å². The van der Waals surface area contributed by atoms with E-state index >= 15 is 0 Å². The van der Waals surface area contributed by atoms with Crippen molar-refractivity contribution in [2.45, 2.75) is 32.7 Å². The van der Waals surface area contributed by atoms with E-state index in [4.69, 9.17) is 4.55 Å². The van der Waals surface area contributed by atoms with Crippen molar-refractivity contribution in [3.05, 3.63) is 21.9 Å². The Kier molecular flexibility index (Phi) is 4.71. The van der Waals surface area contributed by atoms with E-state index in [0.717, 1.165) is 0 Å². The highest BCUT2D eigenvalue weighted by atomic mass is 32.2. The lowest BCUT2D eigenvalue weighted by Gasteiger charge is -2.25. The second-order valence-electron chi connectivity index (χ2n) is 4.60. The Hall–Kier alpha value is -0.430. The van der Waals surface area contributed by atoms with E-state index < -0.39 is 10.1 Å². The van der Waals surface area contributed by atoms with Crippen LogP contribution in [0.15, 0.2) is 12.1 Å². The van der Waals surface area contributed by atoms with Gasteiger partial charge in [0, 0.05) is 15.3 Å². The average Bonchev–Trinajstić information content (AvgIpc) is 2.59. The number of rotatable bonds is 6. The molecule has 0 saturated carbocycles. The predicted octanol–water partition coefficient (Wildman–Crippen LogP) is 2.16. The Morgan fingerprint density at radius 1 is 1.41 bits per heavy atom. The van der Waals surface area contributed by atoms with Crippen molar-refractivity contribution in [3.63, 3.8) is 0 Å². The highest BCUT2D eigenvalue weighted by molar-refractivity contribution is 7.85. The van der Waals surface area contributed by atoms with E-state index in [1.807, 2.05) is 0 Å². The summed E-state index contributed by atoms with van der Waals surface area (Å²) in [5, 5.41) is 3.30. The van der Waals surface area contributed by atoms with Gasteiger partial charge in [0.2, 0.25) is 0 Å². The lowest BCUT2D eigenvalue weighted by Crippen LogP contribution is -2.36. The molecule has 0 aliphatic rings. The Labute approximate surface area is 107 Å². The molecule has 1 aromatic heterocycles. The van der Waals surface area contributed by atoms with Gasteiger partial charge in [0.1, 0.15) is 0 Å². The molecule has 0 aromatic carbocycles. The standard InChI is InChI=1S/C11H19NO3S2/c1-9-5-6-10(16-9)11(2,3)12-7-4-8-17(13,14)15/h5-6,12H,4,7-8H2,1-3H3,(H,13,14,15).